The second-order valence-corrected chi connectivity index (χ2v) is 4.65. The molecule has 2 aromatic rings. The van der Waals surface area contributed by atoms with Crippen LogP contribution >= 0.6 is 0 Å². The lowest BCUT2D eigenvalue weighted by Gasteiger charge is -2.13. The fraction of sp³-hybridized carbons (Fsp3) is 0.0625. The predicted octanol–water partition coefficient (Wildman–Crippen LogP) is 2.17. The number of rotatable bonds is 3. The molecular weight excluding hydrogens is 315 g/mol. The summed E-state index contributed by atoms with van der Waals surface area (Å²) in [7, 11) is 1.39. The van der Waals surface area contributed by atoms with Crippen LogP contribution in [0, 0.1) is 12.4 Å². The van der Waals surface area contributed by atoms with Gasteiger partial charge >= 0.3 is 0 Å². The highest BCUT2D eigenvalue weighted by molar-refractivity contribution is 6.10. The summed E-state index contributed by atoms with van der Waals surface area (Å²) in [6, 6.07) is 6.23. The fourth-order valence-electron chi connectivity index (χ4n) is 2.16. The number of guanidine groups is 1. The van der Waals surface area contributed by atoms with E-state index < -0.39 is 23.4 Å². The van der Waals surface area contributed by atoms with Gasteiger partial charge in [-0.2, -0.15) is 4.99 Å². The van der Waals surface area contributed by atoms with E-state index >= 15 is 0 Å². The first-order valence-corrected chi connectivity index (χ1v) is 6.60. The van der Waals surface area contributed by atoms with Crippen LogP contribution in [0.15, 0.2) is 35.3 Å². The highest BCUT2D eigenvalue weighted by Gasteiger charge is 2.23. The van der Waals surface area contributed by atoms with Gasteiger partial charge in [0.05, 0.1) is 19.2 Å². The predicted molar refractivity (Wildman–Crippen MR) is 86.5 cm³/mol. The number of carbonyl (C=O) groups excluding carboxylic acids is 1. The maximum atomic E-state index is 14.3. The van der Waals surface area contributed by atoms with Crippen molar-refractivity contribution in [3.05, 3.63) is 53.1 Å². The summed E-state index contributed by atoms with van der Waals surface area (Å²) in [4.78, 5) is 18.9. The van der Waals surface area contributed by atoms with Crippen molar-refractivity contribution >= 4 is 17.6 Å². The number of nitrogens with two attached hydrogens (primary N) is 2. The number of nitrogens with zero attached hydrogens (tertiary/aromatic N) is 2. The Labute approximate surface area is 136 Å². The van der Waals surface area contributed by atoms with Gasteiger partial charge in [-0.15, -0.1) is 0 Å². The van der Waals surface area contributed by atoms with Crippen LogP contribution in [0.3, 0.4) is 0 Å². The van der Waals surface area contributed by atoms with E-state index in [1.54, 1.807) is 0 Å². The van der Waals surface area contributed by atoms with Gasteiger partial charge in [-0.3, -0.25) is 4.79 Å². The molecule has 0 spiro atoms. The molecule has 0 heterocycles. The molecule has 0 saturated carbocycles. The first kappa shape index (κ1) is 16.8. The zero-order valence-electron chi connectivity index (χ0n) is 12.6. The lowest BCUT2D eigenvalue weighted by molar-refractivity contribution is 0.100. The van der Waals surface area contributed by atoms with Crippen LogP contribution in [-0.4, -0.2) is 24.1 Å². The van der Waals surface area contributed by atoms with Crippen LogP contribution in [0.1, 0.15) is 10.4 Å². The number of amides is 1. The summed E-state index contributed by atoms with van der Waals surface area (Å²) in [6.07, 6.45) is 0. The number of methoxy groups -OCH3 is 1. The van der Waals surface area contributed by atoms with E-state index in [4.69, 9.17) is 22.8 Å². The molecule has 24 heavy (non-hydrogen) atoms. The van der Waals surface area contributed by atoms with Gasteiger partial charge in [-0.25, -0.2) is 9.24 Å². The van der Waals surface area contributed by atoms with E-state index in [1.165, 1.54) is 25.3 Å². The SMILES string of the molecule is [C-]#[N+]c1ccc(O)c(C(=O)N=C(N)N)c1-c1cc(OC)ccc1F. The van der Waals surface area contributed by atoms with Crippen LogP contribution in [0.4, 0.5) is 10.1 Å². The number of phenolic OH excluding ortho intramolecular Hbond substituents is 1. The quantitative estimate of drug-likeness (QED) is 0.454. The number of halogens is 1. The zero-order valence-corrected chi connectivity index (χ0v) is 12.6. The molecule has 0 aliphatic heterocycles. The third-order valence-electron chi connectivity index (χ3n) is 3.17. The number of carbonyl (C=O) groups is 1. The molecule has 0 saturated heterocycles. The second kappa shape index (κ2) is 6.66. The smallest absolute Gasteiger partial charge is 0.283 e. The van der Waals surface area contributed by atoms with Crippen molar-refractivity contribution in [2.45, 2.75) is 0 Å². The normalized spacial score (nSPS) is 9.88. The van der Waals surface area contributed by atoms with Gasteiger partial charge in [0, 0.05) is 11.1 Å². The Morgan fingerprint density at radius 1 is 1.33 bits per heavy atom. The Hall–Kier alpha value is -3.60. The highest BCUT2D eigenvalue weighted by atomic mass is 19.1. The minimum absolute atomic E-state index is 0.0471. The van der Waals surface area contributed by atoms with Crippen LogP contribution < -0.4 is 16.2 Å². The number of ether oxygens (including phenoxy) is 1. The summed E-state index contributed by atoms with van der Waals surface area (Å²) in [5, 5.41) is 10.0. The van der Waals surface area contributed by atoms with Crippen molar-refractivity contribution in [3.63, 3.8) is 0 Å². The Morgan fingerprint density at radius 3 is 2.62 bits per heavy atom. The van der Waals surface area contributed by atoms with Crippen LogP contribution in [0.2, 0.25) is 0 Å². The Bertz CT molecular complexity index is 884. The lowest BCUT2D eigenvalue weighted by atomic mass is 9.95. The molecule has 1 amide bonds. The van der Waals surface area contributed by atoms with Gasteiger partial charge in [0.1, 0.15) is 17.3 Å². The molecule has 122 valence electrons. The topological polar surface area (TPSA) is 115 Å². The molecule has 8 heteroatoms. The van der Waals surface area contributed by atoms with Gasteiger partial charge in [-0.1, -0.05) is 6.07 Å². The maximum Gasteiger partial charge on any atom is 0.283 e. The van der Waals surface area contributed by atoms with Crippen molar-refractivity contribution in [3.8, 4) is 22.6 Å². The van der Waals surface area contributed by atoms with Gasteiger partial charge < -0.3 is 21.3 Å². The van der Waals surface area contributed by atoms with Gasteiger partial charge in [0.15, 0.2) is 11.6 Å². The Morgan fingerprint density at radius 2 is 2.04 bits per heavy atom. The number of benzene rings is 2. The molecule has 2 rings (SSSR count). The molecule has 0 radical (unpaired) electrons. The number of hydrogen-bond donors (Lipinski definition) is 3. The molecule has 5 N–H and O–H groups in total. The fourth-order valence-corrected chi connectivity index (χ4v) is 2.16. The first-order valence-electron chi connectivity index (χ1n) is 6.60. The molecule has 0 bridgehead atoms. The van der Waals surface area contributed by atoms with E-state index in [1.807, 2.05) is 0 Å². The molecule has 0 aromatic heterocycles. The molecule has 0 unspecified atom stereocenters. The minimum Gasteiger partial charge on any atom is -0.507 e. The third-order valence-corrected chi connectivity index (χ3v) is 3.17. The van der Waals surface area contributed by atoms with Gasteiger partial charge in [0.25, 0.3) is 5.91 Å². The molecule has 2 aromatic carbocycles. The number of aliphatic imine (C=N–C) groups is 1. The molecule has 0 atom stereocenters. The lowest BCUT2D eigenvalue weighted by Crippen LogP contribution is -2.24. The number of phenols is 1. The van der Waals surface area contributed by atoms with Crippen LogP contribution in [0.25, 0.3) is 16.0 Å². The molecule has 0 aliphatic rings. The molecule has 0 fully saturated rings. The van der Waals surface area contributed by atoms with Gasteiger partial charge in [0.2, 0.25) is 0 Å². The van der Waals surface area contributed by atoms with Crippen LogP contribution in [0.5, 0.6) is 11.5 Å². The Balaban J connectivity index is 2.87. The summed E-state index contributed by atoms with van der Waals surface area (Å²) in [5.41, 5.74) is 9.75. The van der Waals surface area contributed by atoms with Crippen molar-refractivity contribution in [1.29, 1.82) is 0 Å². The highest BCUT2D eigenvalue weighted by Crippen LogP contribution is 2.41. The maximum absolute atomic E-state index is 14.3. The van der Waals surface area contributed by atoms with E-state index in [-0.39, 0.29) is 22.4 Å². The molecule has 7 nitrogen and oxygen atoms in total. The van der Waals surface area contributed by atoms with Crippen molar-refractivity contribution in [1.82, 2.24) is 0 Å². The monoisotopic (exact) mass is 328 g/mol. The van der Waals surface area contributed by atoms with Gasteiger partial charge in [-0.05, 0) is 24.3 Å². The minimum atomic E-state index is -0.991. The molecular formula is C16H13FN4O3. The van der Waals surface area contributed by atoms with E-state index in [0.717, 1.165) is 12.1 Å². The third kappa shape index (κ3) is 3.10. The number of hydrogen-bond acceptors (Lipinski definition) is 3. The van der Waals surface area contributed by atoms with E-state index in [2.05, 4.69) is 9.84 Å². The number of aromatic hydroxyl groups is 1. The van der Waals surface area contributed by atoms with E-state index in [0.29, 0.717) is 5.75 Å². The summed E-state index contributed by atoms with van der Waals surface area (Å²) in [6.45, 7) is 7.25. The largest absolute Gasteiger partial charge is 0.507 e. The second-order valence-electron chi connectivity index (χ2n) is 4.65. The summed E-state index contributed by atoms with van der Waals surface area (Å²) < 4.78 is 19.3. The average Bonchev–Trinajstić information content (AvgIpc) is 2.54. The average molecular weight is 328 g/mol. The van der Waals surface area contributed by atoms with Crippen LogP contribution in [-0.2, 0) is 0 Å². The summed E-state index contributed by atoms with van der Waals surface area (Å²) in [5.74, 6) is -2.38. The Kier molecular flexibility index (Phi) is 4.65. The standard InChI is InChI=1S/C16H13FN4O3/c1-20-11-5-6-12(22)14(15(23)21-16(18)19)13(11)9-7-8(24-2)3-4-10(9)17/h3-7,22H,2H3,(H4,18,19,21,23). The van der Waals surface area contributed by atoms with Crippen molar-refractivity contribution in [2.75, 3.05) is 7.11 Å². The summed E-state index contributed by atoms with van der Waals surface area (Å²) >= 11 is 0. The van der Waals surface area contributed by atoms with E-state index in [9.17, 15) is 14.3 Å². The van der Waals surface area contributed by atoms with Crippen molar-refractivity contribution in [2.24, 2.45) is 16.5 Å². The first-order chi connectivity index (χ1) is 11.4. The van der Waals surface area contributed by atoms with Crippen molar-refractivity contribution < 1.29 is 19.0 Å². The zero-order chi connectivity index (χ0) is 17.9. The molecule has 0 aliphatic carbocycles.